The van der Waals surface area contributed by atoms with E-state index in [0.29, 0.717) is 12.5 Å². The van der Waals surface area contributed by atoms with Crippen LogP contribution >= 0.6 is 0 Å². The zero-order valence-electron chi connectivity index (χ0n) is 15.8. The topological polar surface area (TPSA) is 53.1 Å². The molecule has 6 nitrogen and oxygen atoms in total. The molecule has 0 spiro atoms. The molecule has 142 valence electrons. The summed E-state index contributed by atoms with van der Waals surface area (Å²) in [6, 6.07) is 8.24. The van der Waals surface area contributed by atoms with Crippen molar-refractivity contribution in [2.75, 3.05) is 54.4 Å². The van der Waals surface area contributed by atoms with Crippen molar-refractivity contribution in [3.05, 3.63) is 29.8 Å². The van der Waals surface area contributed by atoms with Crippen molar-refractivity contribution in [3.63, 3.8) is 0 Å². The highest BCUT2D eigenvalue weighted by molar-refractivity contribution is 7.86. The lowest BCUT2D eigenvalue weighted by Crippen LogP contribution is -2.43. The van der Waals surface area contributed by atoms with Crippen LogP contribution in [-0.4, -0.2) is 76.4 Å². The summed E-state index contributed by atoms with van der Waals surface area (Å²) in [5.74, 6) is 1.33. The Morgan fingerprint density at radius 3 is 2.24 bits per heavy atom. The van der Waals surface area contributed by atoms with Crippen molar-refractivity contribution < 1.29 is 13.2 Å². The minimum atomic E-state index is -3.30. The molecule has 0 amide bonds. The Labute approximate surface area is 152 Å². The summed E-state index contributed by atoms with van der Waals surface area (Å²) >= 11 is 0. The fourth-order valence-corrected chi connectivity index (χ4v) is 4.17. The summed E-state index contributed by atoms with van der Waals surface area (Å²) in [5, 5.41) is 0. The first-order valence-corrected chi connectivity index (χ1v) is 10.2. The first kappa shape index (κ1) is 20.2. The fourth-order valence-electron chi connectivity index (χ4n) is 3.21. The lowest BCUT2D eigenvalue weighted by atomic mass is 9.96. The Balaban J connectivity index is 1.74. The van der Waals surface area contributed by atoms with Crippen LogP contribution in [-0.2, 0) is 16.6 Å². The Hall–Kier alpha value is -1.15. The molecule has 0 atom stereocenters. The van der Waals surface area contributed by atoms with Gasteiger partial charge in [0.15, 0.2) is 0 Å². The molecular weight excluding hydrogens is 338 g/mol. The molecular formula is C18H31N3O3S. The van der Waals surface area contributed by atoms with Gasteiger partial charge in [0.25, 0.3) is 10.2 Å². The van der Waals surface area contributed by atoms with Gasteiger partial charge in [0.2, 0.25) is 0 Å². The van der Waals surface area contributed by atoms with Crippen LogP contribution in [0.25, 0.3) is 0 Å². The Kier molecular flexibility index (Phi) is 7.25. The summed E-state index contributed by atoms with van der Waals surface area (Å²) in [6.07, 6.45) is 3.13. The number of likely N-dealkylation sites (tertiary alicyclic amines) is 1. The van der Waals surface area contributed by atoms with E-state index in [1.54, 1.807) is 28.3 Å². The number of hydrogen-bond donors (Lipinski definition) is 0. The quantitative estimate of drug-likeness (QED) is 0.700. The summed E-state index contributed by atoms with van der Waals surface area (Å²) in [5.41, 5.74) is 1.32. The number of rotatable bonds is 8. The number of nitrogens with zero attached hydrogens (tertiary/aromatic N) is 3. The van der Waals surface area contributed by atoms with Gasteiger partial charge in [-0.15, -0.1) is 0 Å². The molecule has 0 aromatic heterocycles. The van der Waals surface area contributed by atoms with E-state index in [-0.39, 0.29) is 0 Å². The zero-order chi connectivity index (χ0) is 18.4. The van der Waals surface area contributed by atoms with Crippen molar-refractivity contribution in [2.24, 2.45) is 5.92 Å². The van der Waals surface area contributed by atoms with Crippen LogP contribution in [0.15, 0.2) is 24.3 Å². The van der Waals surface area contributed by atoms with E-state index in [4.69, 9.17) is 4.74 Å². The number of piperidine rings is 1. The predicted molar refractivity (Wildman–Crippen MR) is 101 cm³/mol. The second-order valence-electron chi connectivity index (χ2n) is 6.95. The molecule has 0 unspecified atom stereocenters. The Morgan fingerprint density at radius 2 is 1.72 bits per heavy atom. The first-order chi connectivity index (χ1) is 11.8. The lowest BCUT2D eigenvalue weighted by molar-refractivity contribution is 0.173. The maximum atomic E-state index is 12.1. The molecule has 2 rings (SSSR count). The van der Waals surface area contributed by atoms with Crippen molar-refractivity contribution in [1.29, 1.82) is 0 Å². The summed E-state index contributed by atoms with van der Waals surface area (Å²) in [7, 11) is 3.21. The maximum absolute atomic E-state index is 12.1. The largest absolute Gasteiger partial charge is 0.497 e. The standard InChI is InChI=1S/C18H31N3O3S/c1-19(2)25(22,23)20(3)15-17-10-13-21(14-11-17)12-9-16-5-7-18(24-4)8-6-16/h5-8,17H,9-15H2,1-4H3. The average Bonchev–Trinajstić information content (AvgIpc) is 2.61. The van der Waals surface area contributed by atoms with E-state index in [2.05, 4.69) is 17.0 Å². The predicted octanol–water partition coefficient (Wildman–Crippen LogP) is 1.69. The number of ether oxygens (including phenoxy) is 1. The normalized spacial score (nSPS) is 17.4. The highest BCUT2D eigenvalue weighted by atomic mass is 32.2. The van der Waals surface area contributed by atoms with Gasteiger partial charge in [-0.3, -0.25) is 0 Å². The van der Waals surface area contributed by atoms with Crippen molar-refractivity contribution in [2.45, 2.75) is 19.3 Å². The van der Waals surface area contributed by atoms with Gasteiger partial charge in [0.05, 0.1) is 7.11 Å². The monoisotopic (exact) mass is 369 g/mol. The van der Waals surface area contributed by atoms with Crippen LogP contribution < -0.4 is 4.74 Å². The molecule has 7 heteroatoms. The van der Waals surface area contributed by atoms with E-state index < -0.39 is 10.2 Å². The van der Waals surface area contributed by atoms with Crippen molar-refractivity contribution >= 4 is 10.2 Å². The number of hydrogen-bond acceptors (Lipinski definition) is 4. The lowest BCUT2D eigenvalue weighted by Gasteiger charge is -2.34. The molecule has 25 heavy (non-hydrogen) atoms. The minimum absolute atomic E-state index is 0.442. The van der Waals surface area contributed by atoms with Crippen LogP contribution in [0.4, 0.5) is 0 Å². The average molecular weight is 370 g/mol. The van der Waals surface area contributed by atoms with Crippen molar-refractivity contribution in [1.82, 2.24) is 13.5 Å². The number of methoxy groups -OCH3 is 1. The van der Waals surface area contributed by atoms with E-state index in [1.807, 2.05) is 12.1 Å². The van der Waals surface area contributed by atoms with E-state index in [0.717, 1.165) is 44.6 Å². The third-order valence-electron chi connectivity index (χ3n) is 4.95. The summed E-state index contributed by atoms with van der Waals surface area (Å²) < 4.78 is 32.1. The van der Waals surface area contributed by atoms with Crippen LogP contribution in [0.2, 0.25) is 0 Å². The van der Waals surface area contributed by atoms with Crippen LogP contribution in [0.1, 0.15) is 18.4 Å². The van der Waals surface area contributed by atoms with Gasteiger partial charge in [0, 0.05) is 34.2 Å². The molecule has 0 N–H and O–H groups in total. The molecule has 0 radical (unpaired) electrons. The first-order valence-electron chi connectivity index (χ1n) is 8.82. The van der Waals surface area contributed by atoms with Gasteiger partial charge >= 0.3 is 0 Å². The third kappa shape index (κ3) is 5.67. The highest BCUT2D eigenvalue weighted by Gasteiger charge is 2.26. The Morgan fingerprint density at radius 1 is 1.12 bits per heavy atom. The molecule has 1 heterocycles. The zero-order valence-corrected chi connectivity index (χ0v) is 16.6. The van der Waals surface area contributed by atoms with E-state index in [9.17, 15) is 8.42 Å². The van der Waals surface area contributed by atoms with Gasteiger partial charge in [0.1, 0.15) is 5.75 Å². The van der Waals surface area contributed by atoms with Gasteiger partial charge in [-0.05, 0) is 56.0 Å². The van der Waals surface area contributed by atoms with Gasteiger partial charge in [-0.1, -0.05) is 12.1 Å². The second kappa shape index (κ2) is 8.98. The van der Waals surface area contributed by atoms with Gasteiger partial charge < -0.3 is 9.64 Å². The molecule has 0 bridgehead atoms. The smallest absolute Gasteiger partial charge is 0.281 e. The van der Waals surface area contributed by atoms with Gasteiger partial charge in [-0.2, -0.15) is 17.0 Å². The maximum Gasteiger partial charge on any atom is 0.281 e. The molecule has 1 saturated heterocycles. The van der Waals surface area contributed by atoms with Crippen molar-refractivity contribution in [3.8, 4) is 5.75 Å². The van der Waals surface area contributed by atoms with Crippen LogP contribution in [0.3, 0.4) is 0 Å². The third-order valence-corrected chi connectivity index (χ3v) is 6.81. The van der Waals surface area contributed by atoms with Crippen LogP contribution in [0.5, 0.6) is 5.75 Å². The molecule has 1 aromatic rings. The van der Waals surface area contributed by atoms with Gasteiger partial charge in [-0.25, -0.2) is 0 Å². The Bertz CT molecular complexity index is 623. The summed E-state index contributed by atoms with van der Waals surface area (Å²) in [6.45, 7) is 3.73. The second-order valence-corrected chi connectivity index (χ2v) is 9.20. The van der Waals surface area contributed by atoms with E-state index >= 15 is 0 Å². The molecule has 0 saturated carbocycles. The number of benzene rings is 1. The van der Waals surface area contributed by atoms with E-state index in [1.165, 1.54) is 14.2 Å². The molecule has 1 aliphatic heterocycles. The molecule has 1 aromatic carbocycles. The molecule has 1 fully saturated rings. The highest BCUT2D eigenvalue weighted by Crippen LogP contribution is 2.20. The molecule has 0 aliphatic carbocycles. The SMILES string of the molecule is COc1ccc(CCN2CCC(CN(C)S(=O)(=O)N(C)C)CC2)cc1. The summed E-state index contributed by atoms with van der Waals surface area (Å²) in [4.78, 5) is 2.47. The molecule has 1 aliphatic rings. The minimum Gasteiger partial charge on any atom is -0.497 e. The van der Waals surface area contributed by atoms with Crippen LogP contribution in [0, 0.1) is 5.92 Å². The fraction of sp³-hybridized carbons (Fsp3) is 0.667.